The molecular weight excluding hydrogens is 244 g/mol. The molecule has 3 nitrogen and oxygen atoms in total. The van der Waals surface area contributed by atoms with Crippen molar-refractivity contribution in [3.05, 3.63) is 53.9 Å². The van der Waals surface area contributed by atoms with Crippen LogP contribution in [0.2, 0.25) is 0 Å². The molecule has 0 aliphatic rings. The molecule has 4 heteroatoms. The fourth-order valence-electron chi connectivity index (χ4n) is 1.67. The molecule has 0 spiro atoms. The number of aliphatic hydroxyl groups excluding tert-OH is 1. The predicted molar refractivity (Wildman–Crippen MR) is 75.5 cm³/mol. The summed E-state index contributed by atoms with van der Waals surface area (Å²) < 4.78 is 0. The van der Waals surface area contributed by atoms with Crippen molar-refractivity contribution in [1.29, 1.82) is 0 Å². The Labute approximate surface area is 111 Å². The lowest BCUT2D eigenvalue weighted by Crippen LogP contribution is -2.05. The molecule has 1 unspecified atom stereocenters. The Balaban J connectivity index is 2.00. The largest absolute Gasteiger partial charge is 0.398 e. The summed E-state index contributed by atoms with van der Waals surface area (Å²) >= 11 is 1.61. The van der Waals surface area contributed by atoms with Crippen LogP contribution in [0, 0.1) is 6.92 Å². The number of nitrogens with zero attached hydrogens (tertiary/aromatic N) is 1. The van der Waals surface area contributed by atoms with E-state index in [1.54, 1.807) is 30.2 Å². The number of aryl methyl sites for hydroxylation is 1. The van der Waals surface area contributed by atoms with Crippen LogP contribution in [-0.2, 0) is 0 Å². The first-order valence-electron chi connectivity index (χ1n) is 5.74. The number of thioether (sulfide) groups is 1. The summed E-state index contributed by atoms with van der Waals surface area (Å²) in [6, 6.07) is 9.92. The second-order valence-electron chi connectivity index (χ2n) is 4.15. The number of hydrogen-bond donors (Lipinski definition) is 2. The Bertz CT molecular complexity index is 531. The lowest BCUT2D eigenvalue weighted by Gasteiger charge is -2.12. The summed E-state index contributed by atoms with van der Waals surface area (Å²) in [6.07, 6.45) is 2.65. The van der Waals surface area contributed by atoms with Crippen LogP contribution in [0.15, 0.2) is 47.6 Å². The maximum Gasteiger partial charge on any atom is 0.0918 e. The van der Waals surface area contributed by atoms with Gasteiger partial charge in [-0.25, -0.2) is 0 Å². The van der Waals surface area contributed by atoms with Gasteiger partial charge in [0, 0.05) is 34.3 Å². The number of nitrogen functional groups attached to an aromatic ring is 1. The number of rotatable bonds is 4. The molecule has 0 radical (unpaired) electrons. The molecule has 1 atom stereocenters. The second kappa shape index (κ2) is 5.89. The molecule has 0 fully saturated rings. The first-order chi connectivity index (χ1) is 8.66. The number of pyridine rings is 1. The fourth-order valence-corrected chi connectivity index (χ4v) is 2.64. The molecule has 2 aromatic rings. The molecular formula is C14H16N2OS. The summed E-state index contributed by atoms with van der Waals surface area (Å²) in [7, 11) is 0. The highest BCUT2D eigenvalue weighted by Gasteiger charge is 2.11. The van der Waals surface area contributed by atoms with E-state index in [9.17, 15) is 5.11 Å². The van der Waals surface area contributed by atoms with Crippen molar-refractivity contribution < 1.29 is 5.11 Å². The average molecular weight is 260 g/mol. The molecule has 3 N–H and O–H groups in total. The Morgan fingerprint density at radius 1 is 1.39 bits per heavy atom. The third-order valence-corrected chi connectivity index (χ3v) is 3.71. The lowest BCUT2D eigenvalue weighted by molar-refractivity contribution is 0.204. The minimum absolute atomic E-state index is 0.569. The number of aromatic nitrogens is 1. The number of nitrogens with two attached hydrogens (primary N) is 1. The maximum atomic E-state index is 10.1. The molecule has 0 saturated heterocycles. The van der Waals surface area contributed by atoms with E-state index < -0.39 is 6.10 Å². The van der Waals surface area contributed by atoms with Gasteiger partial charge in [-0.05, 0) is 25.1 Å². The van der Waals surface area contributed by atoms with Crippen molar-refractivity contribution in [3.63, 3.8) is 0 Å². The fraction of sp³-hybridized carbons (Fsp3) is 0.214. The van der Waals surface area contributed by atoms with Crippen LogP contribution < -0.4 is 5.73 Å². The van der Waals surface area contributed by atoms with Crippen molar-refractivity contribution >= 4 is 17.4 Å². The molecule has 0 amide bonds. The summed E-state index contributed by atoms with van der Waals surface area (Å²) in [4.78, 5) is 5.14. The molecule has 2 rings (SSSR count). The van der Waals surface area contributed by atoms with E-state index in [-0.39, 0.29) is 0 Å². The zero-order chi connectivity index (χ0) is 13.0. The van der Waals surface area contributed by atoms with Crippen LogP contribution in [0.5, 0.6) is 0 Å². The van der Waals surface area contributed by atoms with Crippen LogP contribution in [0.25, 0.3) is 0 Å². The van der Waals surface area contributed by atoms with Gasteiger partial charge in [-0.1, -0.05) is 17.7 Å². The van der Waals surface area contributed by atoms with Gasteiger partial charge in [0.15, 0.2) is 0 Å². The Hall–Kier alpha value is -1.52. The first kappa shape index (κ1) is 12.9. The van der Waals surface area contributed by atoms with E-state index >= 15 is 0 Å². The Morgan fingerprint density at radius 3 is 2.94 bits per heavy atom. The van der Waals surface area contributed by atoms with Crippen LogP contribution >= 0.6 is 11.8 Å². The highest BCUT2D eigenvalue weighted by Crippen LogP contribution is 2.27. The van der Waals surface area contributed by atoms with Crippen LogP contribution in [0.3, 0.4) is 0 Å². The minimum Gasteiger partial charge on any atom is -0.398 e. The zero-order valence-corrected chi connectivity index (χ0v) is 11.0. The zero-order valence-electron chi connectivity index (χ0n) is 10.2. The van der Waals surface area contributed by atoms with Gasteiger partial charge in [0.05, 0.1) is 6.10 Å². The number of hydrogen-bond acceptors (Lipinski definition) is 4. The SMILES string of the molecule is Cc1cccc(SCC(O)c2cnccc2N)c1. The highest BCUT2D eigenvalue weighted by molar-refractivity contribution is 7.99. The molecule has 0 aliphatic carbocycles. The van der Waals surface area contributed by atoms with Crippen molar-refractivity contribution in [2.45, 2.75) is 17.9 Å². The normalized spacial score (nSPS) is 12.3. The molecule has 1 aromatic carbocycles. The van der Waals surface area contributed by atoms with Gasteiger partial charge in [-0.15, -0.1) is 11.8 Å². The number of benzene rings is 1. The highest BCUT2D eigenvalue weighted by atomic mass is 32.2. The van der Waals surface area contributed by atoms with Gasteiger partial charge in [-0.2, -0.15) is 0 Å². The second-order valence-corrected chi connectivity index (χ2v) is 5.24. The predicted octanol–water partition coefficient (Wildman–Crippen LogP) is 2.80. The van der Waals surface area contributed by atoms with Gasteiger partial charge < -0.3 is 10.8 Å². The molecule has 94 valence electrons. The summed E-state index contributed by atoms with van der Waals surface area (Å²) in [5, 5.41) is 10.1. The van der Waals surface area contributed by atoms with Gasteiger partial charge in [0.1, 0.15) is 0 Å². The molecule has 0 saturated carbocycles. The average Bonchev–Trinajstić information content (AvgIpc) is 2.37. The quantitative estimate of drug-likeness (QED) is 0.830. The van der Waals surface area contributed by atoms with E-state index in [2.05, 4.69) is 24.0 Å². The molecule has 1 heterocycles. The van der Waals surface area contributed by atoms with Crippen molar-refractivity contribution in [1.82, 2.24) is 4.98 Å². The van der Waals surface area contributed by atoms with Crippen molar-refractivity contribution in [3.8, 4) is 0 Å². The summed E-state index contributed by atoms with van der Waals surface area (Å²) in [5.74, 6) is 0.569. The van der Waals surface area contributed by atoms with E-state index in [4.69, 9.17) is 5.73 Å². The molecule has 0 bridgehead atoms. The van der Waals surface area contributed by atoms with E-state index in [0.717, 1.165) is 4.90 Å². The molecule has 18 heavy (non-hydrogen) atoms. The van der Waals surface area contributed by atoms with Crippen molar-refractivity contribution in [2.75, 3.05) is 11.5 Å². The topological polar surface area (TPSA) is 59.1 Å². The third-order valence-electron chi connectivity index (χ3n) is 2.64. The van der Waals surface area contributed by atoms with Gasteiger partial charge in [0.25, 0.3) is 0 Å². The monoisotopic (exact) mass is 260 g/mol. The van der Waals surface area contributed by atoms with E-state index in [1.807, 2.05) is 12.1 Å². The maximum absolute atomic E-state index is 10.1. The van der Waals surface area contributed by atoms with Crippen LogP contribution in [0.1, 0.15) is 17.2 Å². The first-order valence-corrected chi connectivity index (χ1v) is 6.72. The Morgan fingerprint density at radius 2 is 2.22 bits per heavy atom. The third kappa shape index (κ3) is 3.24. The molecule has 1 aromatic heterocycles. The van der Waals surface area contributed by atoms with Crippen LogP contribution in [0.4, 0.5) is 5.69 Å². The van der Waals surface area contributed by atoms with E-state index in [1.165, 1.54) is 5.56 Å². The van der Waals surface area contributed by atoms with Gasteiger partial charge in [0.2, 0.25) is 0 Å². The summed E-state index contributed by atoms with van der Waals surface area (Å²) in [6.45, 7) is 2.06. The van der Waals surface area contributed by atoms with Gasteiger partial charge >= 0.3 is 0 Å². The van der Waals surface area contributed by atoms with Crippen molar-refractivity contribution in [2.24, 2.45) is 0 Å². The van der Waals surface area contributed by atoms with Crippen LogP contribution in [-0.4, -0.2) is 15.8 Å². The number of aliphatic hydroxyl groups is 1. The standard InChI is InChI=1S/C14H16N2OS/c1-10-3-2-4-11(7-10)18-9-14(17)12-8-16-6-5-13(12)15/h2-8,14,17H,9H2,1H3,(H2,15,16). The number of anilines is 1. The summed E-state index contributed by atoms with van der Waals surface area (Å²) in [5.41, 5.74) is 8.30. The van der Waals surface area contributed by atoms with Gasteiger partial charge in [-0.3, -0.25) is 4.98 Å². The molecule has 0 aliphatic heterocycles. The minimum atomic E-state index is -0.593. The smallest absolute Gasteiger partial charge is 0.0918 e. The lowest BCUT2D eigenvalue weighted by atomic mass is 10.1. The Kier molecular flexibility index (Phi) is 4.23. The van der Waals surface area contributed by atoms with E-state index in [0.29, 0.717) is 17.0 Å².